The summed E-state index contributed by atoms with van der Waals surface area (Å²) in [6, 6.07) is -2.86. The molecule has 15 atom stereocenters. The molecular formula is C18H36N4O11. The summed E-state index contributed by atoms with van der Waals surface area (Å²) < 4.78 is 22.2. The molecule has 1 aliphatic carbocycles. The fraction of sp³-hybridized carbons (Fsp3) is 1.00. The summed E-state index contributed by atoms with van der Waals surface area (Å²) in [4.78, 5) is 0. The van der Waals surface area contributed by atoms with Crippen molar-refractivity contribution >= 4 is 0 Å². The van der Waals surface area contributed by atoms with E-state index >= 15 is 0 Å². The lowest BCUT2D eigenvalue weighted by Crippen LogP contribution is -2.68. The highest BCUT2D eigenvalue weighted by atomic mass is 16.7. The van der Waals surface area contributed by atoms with Crippen LogP contribution in [-0.4, -0.2) is 141 Å². The van der Waals surface area contributed by atoms with Crippen LogP contribution < -0.4 is 22.9 Å². The minimum absolute atomic E-state index is 0.0849. The topological polar surface area (TPSA) is 283 Å². The van der Waals surface area contributed by atoms with Crippen molar-refractivity contribution in [3.63, 3.8) is 0 Å². The molecule has 3 rings (SSSR count). The molecule has 0 spiro atoms. The van der Waals surface area contributed by atoms with E-state index in [2.05, 4.69) is 0 Å². The monoisotopic (exact) mass is 484 g/mol. The lowest BCUT2D eigenvalue weighted by atomic mass is 9.84. The van der Waals surface area contributed by atoms with Gasteiger partial charge >= 0.3 is 0 Å². The van der Waals surface area contributed by atoms with Crippen LogP contribution in [0.25, 0.3) is 0 Å². The van der Waals surface area contributed by atoms with Crippen molar-refractivity contribution in [2.24, 2.45) is 22.9 Å². The molecule has 0 amide bonds. The first-order chi connectivity index (χ1) is 15.5. The normalized spacial score (nSPS) is 53.7. The minimum Gasteiger partial charge on any atom is -0.394 e. The van der Waals surface area contributed by atoms with Gasteiger partial charge in [-0.05, 0) is 6.42 Å². The molecule has 0 aromatic rings. The largest absolute Gasteiger partial charge is 0.394 e. The quantitative estimate of drug-likeness (QED) is 0.167. The third-order valence-electron chi connectivity index (χ3n) is 6.48. The van der Waals surface area contributed by atoms with E-state index < -0.39 is 98.4 Å². The number of ether oxygens (including phenoxy) is 4. The second kappa shape index (κ2) is 11.0. The fourth-order valence-corrected chi connectivity index (χ4v) is 4.40. The van der Waals surface area contributed by atoms with Crippen LogP contribution in [-0.2, 0) is 18.9 Å². The summed E-state index contributed by atoms with van der Waals surface area (Å²) in [5, 5.41) is 70.9. The molecule has 0 bridgehead atoms. The molecule has 15 nitrogen and oxygen atoms in total. The van der Waals surface area contributed by atoms with Crippen LogP contribution in [0.2, 0.25) is 0 Å². The smallest absolute Gasteiger partial charge is 0.187 e. The van der Waals surface area contributed by atoms with Gasteiger partial charge in [-0.1, -0.05) is 0 Å². The summed E-state index contributed by atoms with van der Waals surface area (Å²) in [5.41, 5.74) is 23.5. The van der Waals surface area contributed by atoms with Gasteiger partial charge in [-0.15, -0.1) is 0 Å². The second-order valence-electron chi connectivity index (χ2n) is 8.79. The van der Waals surface area contributed by atoms with E-state index in [0.717, 1.165) is 0 Å². The lowest BCUT2D eigenvalue weighted by molar-refractivity contribution is -0.332. The Morgan fingerprint density at radius 1 is 0.667 bits per heavy atom. The van der Waals surface area contributed by atoms with Crippen LogP contribution >= 0.6 is 0 Å². The third-order valence-corrected chi connectivity index (χ3v) is 6.48. The Kier molecular flexibility index (Phi) is 8.99. The lowest BCUT2D eigenvalue weighted by Gasteiger charge is -2.48. The van der Waals surface area contributed by atoms with Gasteiger partial charge in [0.2, 0.25) is 0 Å². The molecule has 0 aromatic heterocycles. The van der Waals surface area contributed by atoms with Crippen molar-refractivity contribution in [1.82, 2.24) is 0 Å². The highest BCUT2D eigenvalue weighted by molar-refractivity contribution is 5.01. The molecule has 6 unspecified atom stereocenters. The molecule has 2 heterocycles. The SMILES string of the molecule is NCC1O[C@@H](O[C@H]2C(O)C(O[C@@H]3OC(CO)[C@H](O)[C@H](N)C3O)[C@@H](N)C[C@H]2N)C(O)[C@@H](O)[C@H]1O. The van der Waals surface area contributed by atoms with Crippen molar-refractivity contribution in [3.05, 3.63) is 0 Å². The average Bonchev–Trinajstić information content (AvgIpc) is 2.79. The van der Waals surface area contributed by atoms with Crippen LogP contribution in [0.3, 0.4) is 0 Å². The van der Waals surface area contributed by atoms with E-state index in [1.54, 1.807) is 0 Å². The Hall–Kier alpha value is -0.600. The zero-order valence-corrected chi connectivity index (χ0v) is 17.9. The zero-order chi connectivity index (χ0) is 24.6. The van der Waals surface area contributed by atoms with E-state index in [-0.39, 0.29) is 13.0 Å². The maximum absolute atomic E-state index is 10.9. The molecule has 2 aliphatic heterocycles. The van der Waals surface area contributed by atoms with Gasteiger partial charge in [-0.25, -0.2) is 0 Å². The van der Waals surface area contributed by atoms with Gasteiger partial charge in [0.15, 0.2) is 12.6 Å². The van der Waals surface area contributed by atoms with E-state index in [1.807, 2.05) is 0 Å². The first kappa shape index (κ1) is 27.0. The number of hydrogen-bond donors (Lipinski definition) is 11. The third kappa shape index (κ3) is 5.32. The number of rotatable bonds is 6. The molecule has 194 valence electrons. The summed E-state index contributed by atoms with van der Waals surface area (Å²) >= 11 is 0. The average molecular weight is 485 g/mol. The van der Waals surface area contributed by atoms with E-state index in [1.165, 1.54) is 0 Å². The van der Waals surface area contributed by atoms with Crippen molar-refractivity contribution < 1.29 is 54.7 Å². The van der Waals surface area contributed by atoms with Gasteiger partial charge in [0, 0.05) is 18.6 Å². The summed E-state index contributed by atoms with van der Waals surface area (Å²) in [6.07, 6.45) is -16.5. The van der Waals surface area contributed by atoms with E-state index in [0.29, 0.717) is 0 Å². The van der Waals surface area contributed by atoms with E-state index in [9.17, 15) is 35.7 Å². The molecule has 0 radical (unpaired) electrons. The van der Waals surface area contributed by atoms with Crippen LogP contribution in [0.4, 0.5) is 0 Å². The number of aliphatic hydroxyl groups excluding tert-OH is 7. The van der Waals surface area contributed by atoms with Gasteiger partial charge < -0.3 is 77.6 Å². The molecule has 15 heteroatoms. The van der Waals surface area contributed by atoms with E-state index in [4.69, 9.17) is 41.9 Å². The fourth-order valence-electron chi connectivity index (χ4n) is 4.40. The van der Waals surface area contributed by atoms with Gasteiger partial charge in [0.25, 0.3) is 0 Å². The first-order valence-corrected chi connectivity index (χ1v) is 10.8. The van der Waals surface area contributed by atoms with Crippen molar-refractivity contribution in [2.75, 3.05) is 13.2 Å². The molecule has 2 saturated heterocycles. The molecule has 1 saturated carbocycles. The Labute approximate surface area is 189 Å². The number of nitrogens with two attached hydrogens (primary N) is 4. The zero-order valence-electron chi connectivity index (χ0n) is 17.9. The van der Waals surface area contributed by atoms with Crippen molar-refractivity contribution in [2.45, 2.75) is 98.2 Å². The Morgan fingerprint density at radius 2 is 1.18 bits per heavy atom. The highest BCUT2D eigenvalue weighted by Crippen LogP contribution is 2.31. The maximum atomic E-state index is 10.9. The molecular weight excluding hydrogens is 448 g/mol. The van der Waals surface area contributed by atoms with Crippen molar-refractivity contribution in [3.8, 4) is 0 Å². The Morgan fingerprint density at radius 3 is 1.70 bits per heavy atom. The summed E-state index contributed by atoms with van der Waals surface area (Å²) in [7, 11) is 0. The first-order valence-electron chi connectivity index (χ1n) is 10.8. The predicted molar refractivity (Wildman–Crippen MR) is 108 cm³/mol. The second-order valence-corrected chi connectivity index (χ2v) is 8.79. The summed E-state index contributed by atoms with van der Waals surface area (Å²) in [6.45, 7) is -0.763. The molecule has 3 fully saturated rings. The predicted octanol–water partition coefficient (Wildman–Crippen LogP) is -7.29. The van der Waals surface area contributed by atoms with Crippen LogP contribution in [0.5, 0.6) is 0 Å². The Bertz CT molecular complexity index is 584. The molecule has 15 N–H and O–H groups in total. The van der Waals surface area contributed by atoms with Crippen LogP contribution in [0.15, 0.2) is 0 Å². The van der Waals surface area contributed by atoms with Crippen LogP contribution in [0.1, 0.15) is 6.42 Å². The highest BCUT2D eigenvalue weighted by Gasteiger charge is 2.51. The van der Waals surface area contributed by atoms with Gasteiger partial charge in [-0.3, -0.25) is 0 Å². The minimum atomic E-state index is -1.66. The number of hydrogen-bond acceptors (Lipinski definition) is 15. The van der Waals surface area contributed by atoms with Gasteiger partial charge in [0.05, 0.1) is 12.6 Å². The standard InChI is InChI=1S/C18H36N4O11/c19-2-6-10(25)12(27)13(28)18(30-6)33-16-5(21)1-4(20)15(14(16)29)32-17-11(26)8(22)9(24)7(3-23)31-17/h4-18,23-29H,1-3,19-22H2/t4-,5+,6?,7?,8-,9-,10-,11?,12-,13?,14?,15?,16+,17-,18-/m0/s1. The van der Waals surface area contributed by atoms with Crippen molar-refractivity contribution in [1.29, 1.82) is 0 Å². The van der Waals surface area contributed by atoms with Gasteiger partial charge in [0.1, 0.15) is 61.0 Å². The maximum Gasteiger partial charge on any atom is 0.187 e. The molecule has 33 heavy (non-hydrogen) atoms. The molecule has 3 aliphatic rings. The molecule has 0 aromatic carbocycles. The number of aliphatic hydroxyl groups is 7. The Balaban J connectivity index is 1.72. The van der Waals surface area contributed by atoms with Crippen LogP contribution in [0, 0.1) is 0 Å². The van der Waals surface area contributed by atoms with Gasteiger partial charge in [-0.2, -0.15) is 0 Å². The summed E-state index contributed by atoms with van der Waals surface area (Å²) in [5.74, 6) is 0.